The number of ether oxygens (including phenoxy) is 1. The van der Waals surface area contributed by atoms with Gasteiger partial charge in [-0.25, -0.2) is 23.7 Å². The first kappa shape index (κ1) is 34.8. The molecule has 0 atom stereocenters. The summed E-state index contributed by atoms with van der Waals surface area (Å²) in [5.74, 6) is 0.862. The number of aryl methyl sites for hydroxylation is 3. The first-order valence-corrected chi connectivity index (χ1v) is 19.2. The zero-order valence-corrected chi connectivity index (χ0v) is 32.1. The largest absolute Gasteiger partial charge is 0.494 e. The number of unbranched alkanes of at least 4 members (excludes halogenated alkanes) is 1. The quantitative estimate of drug-likeness (QED) is 0.121. The van der Waals surface area contributed by atoms with Crippen LogP contribution >= 0.6 is 0 Å². The molecule has 0 unspecified atom stereocenters. The predicted octanol–water partition coefficient (Wildman–Crippen LogP) is 8.98. The van der Waals surface area contributed by atoms with E-state index in [2.05, 4.69) is 172 Å². The molecule has 0 fully saturated rings. The van der Waals surface area contributed by atoms with E-state index < -0.39 is 0 Å². The lowest BCUT2D eigenvalue weighted by Crippen LogP contribution is -2.25. The lowest BCUT2D eigenvalue weighted by molar-refractivity contribution is -0.671. The maximum absolute atomic E-state index is 6.06. The maximum Gasteiger partial charge on any atom is 0.169 e. The van der Waals surface area contributed by atoms with Gasteiger partial charge in [-0.05, 0) is 89.4 Å². The van der Waals surface area contributed by atoms with E-state index in [4.69, 9.17) is 14.7 Å². The highest BCUT2D eigenvalue weighted by Crippen LogP contribution is 2.38. The third-order valence-corrected chi connectivity index (χ3v) is 10.5. The number of aromatic nitrogens is 7. The number of fused-ring (bicyclic) bond motifs is 8. The first-order valence-electron chi connectivity index (χ1n) is 19.2. The van der Waals surface area contributed by atoms with Crippen molar-refractivity contribution in [3.05, 3.63) is 145 Å². The Morgan fingerprint density at radius 2 is 0.804 bits per heavy atom. The van der Waals surface area contributed by atoms with Gasteiger partial charge in [0, 0.05) is 80.7 Å². The number of aromatic amines is 2. The summed E-state index contributed by atoms with van der Waals surface area (Å²) in [5.41, 5.74) is 15.7. The summed E-state index contributed by atoms with van der Waals surface area (Å²) in [4.78, 5) is 18.5. The Balaban J connectivity index is 1.40. The molecule has 0 aliphatic carbocycles. The van der Waals surface area contributed by atoms with Crippen molar-refractivity contribution < 1.29 is 18.4 Å². The van der Waals surface area contributed by atoms with Crippen molar-refractivity contribution in [2.45, 2.75) is 19.8 Å². The lowest BCUT2D eigenvalue weighted by Gasteiger charge is -2.08. The van der Waals surface area contributed by atoms with Gasteiger partial charge in [0.1, 0.15) is 26.9 Å². The second kappa shape index (κ2) is 14.7. The Kier molecular flexibility index (Phi) is 9.15. The van der Waals surface area contributed by atoms with Crippen LogP contribution in [-0.4, -0.2) is 26.5 Å². The number of H-pyrrole nitrogens is 2. The van der Waals surface area contributed by atoms with Gasteiger partial charge < -0.3 is 14.7 Å². The average molecular weight is 735 g/mol. The van der Waals surface area contributed by atoms with Gasteiger partial charge in [-0.1, -0.05) is 25.5 Å². The van der Waals surface area contributed by atoms with Gasteiger partial charge in [0.25, 0.3) is 0 Å². The molecule has 8 heteroatoms. The van der Waals surface area contributed by atoms with Crippen molar-refractivity contribution >= 4 is 46.4 Å². The SMILES string of the molecule is CCCCOc1ccc(-c2c3nc(c(-c4cc[n+](C)cc4)c4nc(c(-c5cc[n+](C)cc5)c5ccc([nH]5)c(-c5cc[n+](C)cc5)c5ccc2[nH]5)C=C4)C=C3)cc1. The van der Waals surface area contributed by atoms with Crippen LogP contribution in [0.3, 0.4) is 0 Å². The number of nitrogens with zero attached hydrogens (tertiary/aromatic N) is 5. The Bertz CT molecular complexity index is 2810. The molecular formula is C48H44N7O+3. The third kappa shape index (κ3) is 6.70. The summed E-state index contributed by atoms with van der Waals surface area (Å²) in [5, 5.41) is 0. The van der Waals surface area contributed by atoms with Crippen LogP contribution < -0.4 is 18.4 Å². The Morgan fingerprint density at radius 3 is 1.23 bits per heavy atom. The summed E-state index contributed by atoms with van der Waals surface area (Å²) >= 11 is 0. The molecule has 8 bridgehead atoms. The molecule has 1 aromatic carbocycles. The topological polar surface area (TPSA) is 78.2 Å². The number of benzene rings is 1. The average Bonchev–Trinajstić information content (AvgIpc) is 4.06. The van der Waals surface area contributed by atoms with Gasteiger partial charge >= 0.3 is 0 Å². The Labute approximate surface area is 326 Å². The van der Waals surface area contributed by atoms with Crippen molar-refractivity contribution in [2.24, 2.45) is 21.1 Å². The van der Waals surface area contributed by atoms with E-state index in [9.17, 15) is 0 Å². The first-order chi connectivity index (χ1) is 27.4. The highest BCUT2D eigenvalue weighted by Gasteiger charge is 2.20. The van der Waals surface area contributed by atoms with E-state index >= 15 is 0 Å². The van der Waals surface area contributed by atoms with Crippen molar-refractivity contribution in [3.63, 3.8) is 0 Å². The van der Waals surface area contributed by atoms with Crippen LogP contribution in [-0.2, 0) is 21.1 Å². The third-order valence-electron chi connectivity index (χ3n) is 10.5. The monoisotopic (exact) mass is 734 g/mol. The van der Waals surface area contributed by atoms with E-state index in [0.717, 1.165) is 108 Å². The number of hydrogen-bond donors (Lipinski definition) is 2. The molecule has 9 rings (SSSR count). The molecule has 8 heterocycles. The number of rotatable bonds is 8. The lowest BCUT2D eigenvalue weighted by atomic mass is 10.0. The molecule has 0 saturated carbocycles. The van der Waals surface area contributed by atoms with E-state index in [1.807, 2.05) is 25.7 Å². The second-order valence-corrected chi connectivity index (χ2v) is 14.5. The van der Waals surface area contributed by atoms with Gasteiger partial charge in [0.2, 0.25) is 0 Å². The molecule has 0 amide bonds. The molecule has 6 aromatic heterocycles. The highest BCUT2D eigenvalue weighted by atomic mass is 16.5. The molecule has 274 valence electrons. The van der Waals surface area contributed by atoms with E-state index in [1.165, 1.54) is 0 Å². The molecule has 0 spiro atoms. The van der Waals surface area contributed by atoms with Crippen molar-refractivity contribution in [3.8, 4) is 50.3 Å². The van der Waals surface area contributed by atoms with Gasteiger partial charge in [0.05, 0.1) is 29.4 Å². The van der Waals surface area contributed by atoms with Crippen molar-refractivity contribution in [1.82, 2.24) is 19.9 Å². The number of pyridine rings is 3. The summed E-state index contributed by atoms with van der Waals surface area (Å²) in [7, 11) is 6.11. The fourth-order valence-corrected chi connectivity index (χ4v) is 7.48. The van der Waals surface area contributed by atoms with Gasteiger partial charge in [-0.2, -0.15) is 0 Å². The Morgan fingerprint density at radius 1 is 0.446 bits per heavy atom. The van der Waals surface area contributed by atoms with Crippen molar-refractivity contribution in [2.75, 3.05) is 6.61 Å². The standard InChI is InChI=1S/C48H43N7O/c1-5-6-31-56-36-9-7-32(8-10-36)45-37-11-13-39(49-37)46(33-19-25-53(2)26-20-33)41-15-17-43(51-41)48(35-23-29-55(4)30-24-35)44-18-16-42(52-44)47(40-14-12-38(45)50-40)34-21-27-54(3)28-22-34/h7-30H,5-6,31H2,1-4H3,(H,49,50,51,52)/q+2/p+1. The zero-order chi connectivity index (χ0) is 38.2. The summed E-state index contributed by atoms with van der Waals surface area (Å²) in [6, 6.07) is 30.0. The molecule has 7 aromatic rings. The van der Waals surface area contributed by atoms with Crippen LogP contribution in [0, 0.1) is 0 Å². The minimum atomic E-state index is 0.702. The van der Waals surface area contributed by atoms with Crippen LogP contribution in [0.5, 0.6) is 5.75 Å². The minimum Gasteiger partial charge on any atom is -0.494 e. The zero-order valence-electron chi connectivity index (χ0n) is 32.1. The smallest absolute Gasteiger partial charge is 0.169 e. The molecule has 2 N–H and O–H groups in total. The summed E-state index contributed by atoms with van der Waals surface area (Å²) in [6.45, 7) is 2.88. The van der Waals surface area contributed by atoms with E-state index in [1.54, 1.807) is 0 Å². The predicted molar refractivity (Wildman–Crippen MR) is 225 cm³/mol. The molecular weight excluding hydrogens is 691 g/mol. The molecule has 8 nitrogen and oxygen atoms in total. The van der Waals surface area contributed by atoms with Crippen LogP contribution in [0.2, 0.25) is 0 Å². The van der Waals surface area contributed by atoms with Crippen LogP contribution in [0.15, 0.2) is 122 Å². The normalized spacial score (nSPS) is 12.0. The fraction of sp³-hybridized carbons (Fsp3) is 0.146. The second-order valence-electron chi connectivity index (χ2n) is 14.5. The van der Waals surface area contributed by atoms with Crippen LogP contribution in [0.1, 0.15) is 42.5 Å². The maximum atomic E-state index is 6.06. The van der Waals surface area contributed by atoms with Gasteiger partial charge in [-0.3, -0.25) is 0 Å². The number of hydrogen-bond acceptors (Lipinski definition) is 3. The van der Waals surface area contributed by atoms with Gasteiger partial charge in [0.15, 0.2) is 37.2 Å². The van der Waals surface area contributed by atoms with E-state index in [-0.39, 0.29) is 0 Å². The highest BCUT2D eigenvalue weighted by molar-refractivity contribution is 6.00. The van der Waals surface area contributed by atoms with Crippen LogP contribution in [0.4, 0.5) is 0 Å². The van der Waals surface area contributed by atoms with E-state index in [0.29, 0.717) is 6.61 Å². The molecule has 56 heavy (non-hydrogen) atoms. The molecule has 2 aliphatic rings. The minimum absolute atomic E-state index is 0.702. The molecule has 0 saturated heterocycles. The van der Waals surface area contributed by atoms with Crippen LogP contribution in [0.25, 0.3) is 90.9 Å². The summed E-state index contributed by atoms with van der Waals surface area (Å²) in [6.07, 6.45) is 23.1. The molecule has 0 radical (unpaired) electrons. The summed E-state index contributed by atoms with van der Waals surface area (Å²) < 4.78 is 12.2. The van der Waals surface area contributed by atoms with Crippen molar-refractivity contribution in [1.29, 1.82) is 0 Å². The van der Waals surface area contributed by atoms with Gasteiger partial charge in [-0.15, -0.1) is 0 Å². The number of nitrogens with one attached hydrogen (secondary N) is 2. The molecule has 2 aliphatic heterocycles. The Hall–Kier alpha value is -6.93. The fourth-order valence-electron chi connectivity index (χ4n) is 7.48.